The van der Waals surface area contributed by atoms with E-state index >= 15 is 0 Å². The number of hydrogen-bond donors (Lipinski definition) is 1. The molecule has 0 saturated heterocycles. The molecule has 0 aliphatic carbocycles. The molecule has 7 nitrogen and oxygen atoms in total. The van der Waals surface area contributed by atoms with Crippen molar-refractivity contribution in [3.63, 3.8) is 0 Å². The number of ether oxygens (including phenoxy) is 1. The predicted molar refractivity (Wildman–Crippen MR) is 119 cm³/mol. The van der Waals surface area contributed by atoms with Crippen molar-refractivity contribution in [1.29, 1.82) is 0 Å². The van der Waals surface area contributed by atoms with Crippen LogP contribution in [-0.4, -0.2) is 51.3 Å². The van der Waals surface area contributed by atoms with E-state index in [0.717, 1.165) is 22.0 Å². The van der Waals surface area contributed by atoms with E-state index in [1.54, 1.807) is 0 Å². The summed E-state index contributed by atoms with van der Waals surface area (Å²) in [5, 5.41) is 2.71. The highest BCUT2D eigenvalue weighted by molar-refractivity contribution is 7.89. The minimum atomic E-state index is -3.74. The zero-order chi connectivity index (χ0) is 23.6. The molecule has 0 radical (unpaired) electrons. The lowest BCUT2D eigenvalue weighted by Crippen LogP contribution is -2.29. The van der Waals surface area contributed by atoms with E-state index in [4.69, 9.17) is 4.74 Å². The molecule has 0 fully saturated rings. The van der Waals surface area contributed by atoms with Gasteiger partial charge in [0.1, 0.15) is 12.4 Å². The average Bonchev–Trinajstić information content (AvgIpc) is 2.76. The van der Waals surface area contributed by atoms with Crippen molar-refractivity contribution in [3.05, 3.63) is 65.5 Å². The summed E-state index contributed by atoms with van der Waals surface area (Å²) in [5.41, 5.74) is 2.25. The summed E-state index contributed by atoms with van der Waals surface area (Å²) in [7, 11) is -2.35. The van der Waals surface area contributed by atoms with E-state index in [9.17, 15) is 22.4 Å². The number of carbonyl (C=O) groups excluding carboxylic acids is 2. The number of benzene rings is 2. The summed E-state index contributed by atoms with van der Waals surface area (Å²) in [6.07, 6.45) is 1.31. The quantitative estimate of drug-likeness (QED) is 0.385. The molecule has 0 saturated carbocycles. The lowest BCUT2D eigenvalue weighted by atomic mass is 10.1. The highest BCUT2D eigenvalue weighted by atomic mass is 32.2. The van der Waals surface area contributed by atoms with Gasteiger partial charge in [-0.25, -0.2) is 17.1 Å². The maximum atomic E-state index is 13.0. The first kappa shape index (κ1) is 25.5. The van der Waals surface area contributed by atoms with E-state index in [1.165, 1.54) is 24.7 Å². The monoisotopic (exact) mass is 464 g/mol. The number of nitrogens with zero attached hydrogens (tertiary/aromatic N) is 1. The largest absolute Gasteiger partial charge is 0.464 e. The Morgan fingerprint density at radius 1 is 1.03 bits per heavy atom. The number of nitrogens with one attached hydrogen (secondary N) is 1. The van der Waals surface area contributed by atoms with Crippen molar-refractivity contribution in [2.45, 2.75) is 37.5 Å². The molecule has 174 valence electrons. The molecule has 2 aromatic carbocycles. The molecule has 0 aliphatic rings. The van der Waals surface area contributed by atoms with Crippen molar-refractivity contribution in [3.8, 4) is 0 Å². The number of esters is 1. The highest BCUT2D eigenvalue weighted by Crippen LogP contribution is 2.15. The van der Waals surface area contributed by atoms with Gasteiger partial charge in [0.05, 0.1) is 11.4 Å². The van der Waals surface area contributed by atoms with Crippen LogP contribution in [0.2, 0.25) is 0 Å². The van der Waals surface area contributed by atoms with Crippen molar-refractivity contribution in [1.82, 2.24) is 9.62 Å². The lowest BCUT2D eigenvalue weighted by molar-refractivity contribution is -0.144. The van der Waals surface area contributed by atoms with E-state index in [1.807, 2.05) is 31.2 Å². The molecule has 0 unspecified atom stereocenters. The van der Waals surface area contributed by atoms with Gasteiger partial charge in [0.15, 0.2) is 0 Å². The molecule has 0 bridgehead atoms. The van der Waals surface area contributed by atoms with E-state index in [2.05, 4.69) is 5.32 Å². The van der Waals surface area contributed by atoms with Crippen LogP contribution < -0.4 is 5.32 Å². The van der Waals surface area contributed by atoms with Crippen molar-refractivity contribution < 1.29 is 27.1 Å². The van der Waals surface area contributed by atoms with E-state index in [0.29, 0.717) is 12.8 Å². The summed E-state index contributed by atoms with van der Waals surface area (Å²) >= 11 is 0. The van der Waals surface area contributed by atoms with Crippen LogP contribution in [0.4, 0.5) is 4.39 Å². The van der Waals surface area contributed by atoms with E-state index in [-0.39, 0.29) is 43.3 Å². The zero-order valence-corrected chi connectivity index (χ0v) is 19.2. The van der Waals surface area contributed by atoms with Crippen molar-refractivity contribution in [2.75, 3.05) is 26.7 Å². The minimum absolute atomic E-state index is 0.0119. The first-order valence-corrected chi connectivity index (χ1v) is 11.8. The number of carbonyl (C=O) groups is 2. The second-order valence-electron chi connectivity index (χ2n) is 7.44. The Balaban J connectivity index is 1.59. The van der Waals surface area contributed by atoms with Gasteiger partial charge in [-0.2, -0.15) is 0 Å². The van der Waals surface area contributed by atoms with Crippen LogP contribution in [0.1, 0.15) is 30.4 Å². The second kappa shape index (κ2) is 12.3. The Hall–Kier alpha value is -2.78. The predicted octanol–water partition coefficient (Wildman–Crippen LogP) is 2.83. The Labute approximate surface area is 188 Å². The molecule has 0 aromatic heterocycles. The Kier molecular flexibility index (Phi) is 9.80. The van der Waals surface area contributed by atoms with Crippen LogP contribution in [-0.2, 0) is 30.8 Å². The summed E-state index contributed by atoms with van der Waals surface area (Å²) in [5.74, 6) is -1.10. The van der Waals surface area contributed by atoms with Gasteiger partial charge >= 0.3 is 5.97 Å². The fourth-order valence-corrected chi connectivity index (χ4v) is 4.09. The fraction of sp³-hybridized carbons (Fsp3) is 0.391. The van der Waals surface area contributed by atoms with Crippen LogP contribution in [0.3, 0.4) is 0 Å². The molecule has 0 aliphatic heterocycles. The molecule has 32 heavy (non-hydrogen) atoms. The fourth-order valence-electron chi connectivity index (χ4n) is 2.88. The summed E-state index contributed by atoms with van der Waals surface area (Å²) < 4.78 is 44.0. The second-order valence-corrected chi connectivity index (χ2v) is 9.48. The molecule has 0 spiro atoms. The molecule has 1 N–H and O–H groups in total. The number of aryl methyl sites for hydroxylation is 2. The summed E-state index contributed by atoms with van der Waals surface area (Å²) in [6, 6.07) is 12.6. The van der Waals surface area contributed by atoms with Gasteiger partial charge < -0.3 is 10.1 Å². The molecular formula is C23H29FN2O5S. The Bertz CT molecular complexity index is 992. The third kappa shape index (κ3) is 8.39. The molecule has 9 heteroatoms. The van der Waals surface area contributed by atoms with Crippen LogP contribution in [0.15, 0.2) is 53.4 Å². The normalized spacial score (nSPS) is 11.4. The van der Waals surface area contributed by atoms with Gasteiger partial charge in [-0.15, -0.1) is 0 Å². The highest BCUT2D eigenvalue weighted by Gasteiger charge is 2.20. The topological polar surface area (TPSA) is 92.8 Å². The summed E-state index contributed by atoms with van der Waals surface area (Å²) in [4.78, 5) is 23.7. The standard InChI is InChI=1S/C23H29FN2O5S/c1-18-5-7-19(8-6-18)9-14-22(27)25-15-17-31-23(28)4-3-16-26(2)32(29,30)21-12-10-20(24)11-13-21/h5-8,10-13H,3-4,9,14-17H2,1-2H3,(H,25,27). The molecule has 2 rings (SSSR count). The molecule has 1 amide bonds. The van der Waals surface area contributed by atoms with E-state index < -0.39 is 21.8 Å². The molecule has 0 atom stereocenters. The van der Waals surface area contributed by atoms with Gasteiger partial charge in [0.2, 0.25) is 15.9 Å². The number of halogens is 1. The number of hydrogen-bond acceptors (Lipinski definition) is 5. The summed E-state index contributed by atoms with van der Waals surface area (Å²) in [6.45, 7) is 2.40. The average molecular weight is 465 g/mol. The van der Waals surface area contributed by atoms with Crippen LogP contribution in [0, 0.1) is 12.7 Å². The van der Waals surface area contributed by atoms with Crippen LogP contribution in [0.5, 0.6) is 0 Å². The van der Waals surface area contributed by atoms with Gasteiger partial charge in [0, 0.05) is 26.4 Å². The maximum absolute atomic E-state index is 13.0. The smallest absolute Gasteiger partial charge is 0.305 e. The van der Waals surface area contributed by atoms with Crippen molar-refractivity contribution >= 4 is 21.9 Å². The number of sulfonamides is 1. The lowest BCUT2D eigenvalue weighted by Gasteiger charge is -2.17. The Morgan fingerprint density at radius 3 is 2.34 bits per heavy atom. The Morgan fingerprint density at radius 2 is 1.69 bits per heavy atom. The van der Waals surface area contributed by atoms with Crippen LogP contribution in [0.25, 0.3) is 0 Å². The van der Waals surface area contributed by atoms with Gasteiger partial charge in [-0.1, -0.05) is 29.8 Å². The number of amides is 1. The molecular weight excluding hydrogens is 435 g/mol. The van der Waals surface area contributed by atoms with Gasteiger partial charge in [0.25, 0.3) is 0 Å². The third-order valence-electron chi connectivity index (χ3n) is 4.82. The SMILES string of the molecule is Cc1ccc(CCC(=O)NCCOC(=O)CCCN(C)S(=O)(=O)c2ccc(F)cc2)cc1. The molecule has 2 aromatic rings. The third-order valence-corrected chi connectivity index (χ3v) is 6.70. The van der Waals surface area contributed by atoms with Crippen molar-refractivity contribution in [2.24, 2.45) is 0 Å². The van der Waals surface area contributed by atoms with Gasteiger partial charge in [-0.05, 0) is 49.6 Å². The van der Waals surface area contributed by atoms with Gasteiger partial charge in [-0.3, -0.25) is 9.59 Å². The minimum Gasteiger partial charge on any atom is -0.464 e. The first-order valence-electron chi connectivity index (χ1n) is 10.4. The van der Waals surface area contributed by atoms with Crippen LogP contribution >= 0.6 is 0 Å². The molecule has 0 heterocycles. The first-order chi connectivity index (χ1) is 15.2. The number of rotatable bonds is 12. The maximum Gasteiger partial charge on any atom is 0.305 e. The zero-order valence-electron chi connectivity index (χ0n) is 18.3.